The van der Waals surface area contributed by atoms with Crippen molar-refractivity contribution in [3.63, 3.8) is 0 Å². The van der Waals surface area contributed by atoms with E-state index in [4.69, 9.17) is 4.74 Å². The molecule has 1 N–H and O–H groups in total. The fraction of sp³-hybridized carbons (Fsp3) is 0.650. The van der Waals surface area contributed by atoms with Gasteiger partial charge in [-0.05, 0) is 69.7 Å². The smallest absolute Gasteiger partial charge is 0.253 e. The minimum absolute atomic E-state index is 0.0598. The van der Waals surface area contributed by atoms with Gasteiger partial charge in [-0.15, -0.1) is 0 Å². The Morgan fingerprint density at radius 2 is 1.83 bits per heavy atom. The van der Waals surface area contributed by atoms with E-state index in [1.54, 1.807) is 0 Å². The van der Waals surface area contributed by atoms with Crippen LogP contribution in [0.1, 0.15) is 62.2 Å². The number of ether oxygens (including phenoxy) is 1. The number of nitrogens with zero attached hydrogens (tertiary/aromatic N) is 1. The SMILES string of the molecule is CC(O)C1CCCN(C(=O)c2ccc(OC3CCCCC3)cc2)C1. The van der Waals surface area contributed by atoms with Crippen molar-refractivity contribution in [1.82, 2.24) is 4.90 Å². The molecule has 4 nitrogen and oxygen atoms in total. The van der Waals surface area contributed by atoms with Crippen LogP contribution in [0.3, 0.4) is 0 Å². The summed E-state index contributed by atoms with van der Waals surface area (Å²) in [7, 11) is 0. The van der Waals surface area contributed by atoms with Crippen molar-refractivity contribution in [3.05, 3.63) is 29.8 Å². The molecule has 0 aromatic heterocycles. The summed E-state index contributed by atoms with van der Waals surface area (Å²) in [6.07, 6.45) is 8.02. The molecule has 2 aliphatic rings. The van der Waals surface area contributed by atoms with Crippen LogP contribution in [0.2, 0.25) is 0 Å². The Kier molecular flexibility index (Phi) is 5.77. The second-order valence-electron chi connectivity index (χ2n) is 7.30. The Hall–Kier alpha value is -1.55. The zero-order chi connectivity index (χ0) is 16.9. The number of rotatable bonds is 4. The van der Waals surface area contributed by atoms with Gasteiger partial charge in [0.05, 0.1) is 12.2 Å². The quantitative estimate of drug-likeness (QED) is 0.916. The number of carbonyl (C=O) groups is 1. The molecule has 1 heterocycles. The van der Waals surface area contributed by atoms with Crippen LogP contribution in [0.4, 0.5) is 0 Å². The van der Waals surface area contributed by atoms with Gasteiger partial charge >= 0.3 is 0 Å². The van der Waals surface area contributed by atoms with Crippen molar-refractivity contribution in [2.24, 2.45) is 5.92 Å². The first-order chi connectivity index (χ1) is 11.6. The van der Waals surface area contributed by atoms with E-state index in [1.807, 2.05) is 36.1 Å². The van der Waals surface area contributed by atoms with Gasteiger partial charge in [-0.25, -0.2) is 0 Å². The molecule has 0 bridgehead atoms. The van der Waals surface area contributed by atoms with Crippen LogP contribution >= 0.6 is 0 Å². The number of hydrogen-bond donors (Lipinski definition) is 1. The van der Waals surface area contributed by atoms with Crippen molar-refractivity contribution in [2.75, 3.05) is 13.1 Å². The minimum Gasteiger partial charge on any atom is -0.490 e. The van der Waals surface area contributed by atoms with Crippen molar-refractivity contribution >= 4 is 5.91 Å². The molecule has 1 aromatic carbocycles. The Bertz CT molecular complexity index is 534. The van der Waals surface area contributed by atoms with E-state index in [2.05, 4.69) is 0 Å². The molecule has 4 heteroatoms. The first-order valence-electron chi connectivity index (χ1n) is 9.37. The molecular weight excluding hydrogens is 302 g/mol. The summed E-state index contributed by atoms with van der Waals surface area (Å²) < 4.78 is 6.03. The van der Waals surface area contributed by atoms with Gasteiger partial charge < -0.3 is 14.7 Å². The summed E-state index contributed by atoms with van der Waals surface area (Å²) in [5.74, 6) is 1.11. The van der Waals surface area contributed by atoms with Crippen LogP contribution in [0.15, 0.2) is 24.3 Å². The van der Waals surface area contributed by atoms with Crippen LogP contribution in [0.5, 0.6) is 5.75 Å². The molecule has 2 unspecified atom stereocenters. The third-order valence-electron chi connectivity index (χ3n) is 5.38. The number of benzene rings is 1. The second kappa shape index (κ2) is 8.02. The maximum atomic E-state index is 12.7. The predicted molar refractivity (Wildman–Crippen MR) is 94.3 cm³/mol. The third kappa shape index (κ3) is 4.29. The van der Waals surface area contributed by atoms with Crippen molar-refractivity contribution in [2.45, 2.75) is 64.1 Å². The van der Waals surface area contributed by atoms with Crippen LogP contribution in [0, 0.1) is 5.92 Å². The molecule has 1 saturated heterocycles. The van der Waals surface area contributed by atoms with Gasteiger partial charge in [0.2, 0.25) is 0 Å². The number of aliphatic hydroxyl groups is 1. The molecule has 1 saturated carbocycles. The van der Waals surface area contributed by atoms with E-state index in [1.165, 1.54) is 19.3 Å². The summed E-state index contributed by atoms with van der Waals surface area (Å²) in [5, 5.41) is 9.78. The van der Waals surface area contributed by atoms with Crippen LogP contribution in [-0.4, -0.2) is 41.2 Å². The van der Waals surface area contributed by atoms with Gasteiger partial charge in [0.25, 0.3) is 5.91 Å². The van der Waals surface area contributed by atoms with Gasteiger partial charge in [0.15, 0.2) is 0 Å². The fourth-order valence-electron chi connectivity index (χ4n) is 3.82. The standard InChI is InChI=1S/C20H29NO3/c1-15(22)17-6-5-13-21(14-17)20(23)16-9-11-19(12-10-16)24-18-7-3-2-4-8-18/h9-12,15,17-18,22H,2-8,13-14H2,1H3. The highest BCUT2D eigenvalue weighted by molar-refractivity contribution is 5.94. The zero-order valence-corrected chi connectivity index (χ0v) is 14.6. The van der Waals surface area contributed by atoms with Crippen LogP contribution in [-0.2, 0) is 0 Å². The molecule has 2 fully saturated rings. The van der Waals surface area contributed by atoms with Gasteiger partial charge in [-0.1, -0.05) is 6.42 Å². The highest BCUT2D eigenvalue weighted by Gasteiger charge is 2.27. The average Bonchev–Trinajstić information content (AvgIpc) is 2.63. The molecule has 1 aliphatic heterocycles. The van der Waals surface area contributed by atoms with E-state index in [0.29, 0.717) is 18.2 Å². The third-order valence-corrected chi connectivity index (χ3v) is 5.38. The van der Waals surface area contributed by atoms with Gasteiger partial charge in [0.1, 0.15) is 5.75 Å². The minimum atomic E-state index is -0.355. The molecular formula is C20H29NO3. The Balaban J connectivity index is 1.59. The monoisotopic (exact) mass is 331 g/mol. The van der Waals surface area contributed by atoms with Gasteiger partial charge in [0, 0.05) is 24.6 Å². The van der Waals surface area contributed by atoms with Crippen LogP contribution in [0.25, 0.3) is 0 Å². The lowest BCUT2D eigenvalue weighted by molar-refractivity contribution is 0.0466. The Labute approximate surface area is 144 Å². The summed E-state index contributed by atoms with van der Waals surface area (Å²) in [5.41, 5.74) is 0.706. The normalized spacial score (nSPS) is 23.8. The lowest BCUT2D eigenvalue weighted by atomic mass is 9.93. The van der Waals surface area contributed by atoms with Crippen molar-refractivity contribution in [1.29, 1.82) is 0 Å². The lowest BCUT2D eigenvalue weighted by Gasteiger charge is -2.34. The van der Waals surface area contributed by atoms with E-state index >= 15 is 0 Å². The summed E-state index contributed by atoms with van der Waals surface area (Å²) in [4.78, 5) is 14.5. The summed E-state index contributed by atoms with van der Waals surface area (Å²) in [6.45, 7) is 3.25. The number of piperidine rings is 1. The van der Waals surface area contributed by atoms with E-state index < -0.39 is 0 Å². The Morgan fingerprint density at radius 1 is 1.12 bits per heavy atom. The number of likely N-dealkylation sites (tertiary alicyclic amines) is 1. The topological polar surface area (TPSA) is 49.8 Å². The largest absolute Gasteiger partial charge is 0.490 e. The first kappa shape index (κ1) is 17.3. The number of hydrogen-bond acceptors (Lipinski definition) is 3. The van der Waals surface area contributed by atoms with E-state index in [-0.39, 0.29) is 17.9 Å². The summed E-state index contributed by atoms with van der Waals surface area (Å²) in [6, 6.07) is 7.56. The molecule has 2 atom stereocenters. The highest BCUT2D eigenvalue weighted by atomic mass is 16.5. The Morgan fingerprint density at radius 3 is 2.50 bits per heavy atom. The highest BCUT2D eigenvalue weighted by Crippen LogP contribution is 2.25. The maximum absolute atomic E-state index is 12.7. The summed E-state index contributed by atoms with van der Waals surface area (Å²) >= 11 is 0. The molecule has 132 valence electrons. The lowest BCUT2D eigenvalue weighted by Crippen LogP contribution is -2.42. The molecule has 3 rings (SSSR count). The maximum Gasteiger partial charge on any atom is 0.253 e. The van der Waals surface area contributed by atoms with E-state index in [9.17, 15) is 9.90 Å². The number of aliphatic hydroxyl groups excluding tert-OH is 1. The van der Waals surface area contributed by atoms with Gasteiger partial charge in [-0.3, -0.25) is 4.79 Å². The average molecular weight is 331 g/mol. The molecule has 1 amide bonds. The van der Waals surface area contributed by atoms with Gasteiger partial charge in [-0.2, -0.15) is 0 Å². The number of carbonyl (C=O) groups excluding carboxylic acids is 1. The number of amides is 1. The fourth-order valence-corrected chi connectivity index (χ4v) is 3.82. The molecule has 0 spiro atoms. The van der Waals surface area contributed by atoms with Crippen molar-refractivity contribution in [3.8, 4) is 5.75 Å². The molecule has 1 aromatic rings. The van der Waals surface area contributed by atoms with Crippen LogP contribution < -0.4 is 4.74 Å². The molecule has 0 radical (unpaired) electrons. The van der Waals surface area contributed by atoms with E-state index in [0.717, 1.165) is 38.0 Å². The van der Waals surface area contributed by atoms with Crippen molar-refractivity contribution < 1.29 is 14.6 Å². The molecule has 24 heavy (non-hydrogen) atoms. The first-order valence-corrected chi connectivity index (χ1v) is 9.37. The predicted octanol–water partition coefficient (Wildman–Crippen LogP) is 3.63. The second-order valence-corrected chi connectivity index (χ2v) is 7.30. The molecule has 1 aliphatic carbocycles. The zero-order valence-electron chi connectivity index (χ0n) is 14.6.